The molecule has 0 bridgehead atoms. The SMILES string of the molecule is CCc1cccc(CC)c1NC(=O)Cn1c(=O)c(=O)[nH]c2ccccc21. The van der Waals surface area contributed by atoms with Crippen LogP contribution in [0.15, 0.2) is 52.1 Å². The van der Waals surface area contributed by atoms with Gasteiger partial charge in [-0.15, -0.1) is 0 Å². The fraction of sp³-hybridized carbons (Fsp3) is 0.250. The number of nitrogens with zero attached hydrogens (tertiary/aromatic N) is 1. The van der Waals surface area contributed by atoms with E-state index in [1.165, 1.54) is 4.57 Å². The minimum Gasteiger partial charge on any atom is -0.324 e. The molecule has 134 valence electrons. The van der Waals surface area contributed by atoms with E-state index in [4.69, 9.17) is 0 Å². The van der Waals surface area contributed by atoms with Crippen LogP contribution in [0.5, 0.6) is 0 Å². The highest BCUT2D eigenvalue weighted by Crippen LogP contribution is 2.22. The first-order chi connectivity index (χ1) is 12.5. The Morgan fingerprint density at radius 3 is 2.31 bits per heavy atom. The van der Waals surface area contributed by atoms with E-state index in [9.17, 15) is 14.4 Å². The Morgan fingerprint density at radius 2 is 1.65 bits per heavy atom. The second kappa shape index (κ2) is 7.39. The molecule has 6 nitrogen and oxygen atoms in total. The Morgan fingerprint density at radius 1 is 1.00 bits per heavy atom. The van der Waals surface area contributed by atoms with Gasteiger partial charge in [0.2, 0.25) is 5.91 Å². The van der Waals surface area contributed by atoms with Gasteiger partial charge in [-0.25, -0.2) is 0 Å². The maximum absolute atomic E-state index is 12.6. The van der Waals surface area contributed by atoms with Gasteiger partial charge >= 0.3 is 11.1 Å². The Labute approximate surface area is 150 Å². The first kappa shape index (κ1) is 17.7. The van der Waals surface area contributed by atoms with Gasteiger partial charge in [-0.2, -0.15) is 0 Å². The lowest BCUT2D eigenvalue weighted by atomic mass is 10.0. The smallest absolute Gasteiger partial charge is 0.317 e. The number of fused-ring (bicyclic) bond motifs is 1. The summed E-state index contributed by atoms with van der Waals surface area (Å²) in [6.07, 6.45) is 1.58. The average molecular weight is 351 g/mol. The molecule has 6 heteroatoms. The zero-order valence-corrected chi connectivity index (χ0v) is 14.8. The second-order valence-electron chi connectivity index (χ2n) is 6.07. The number of carbonyl (C=O) groups is 1. The zero-order chi connectivity index (χ0) is 18.7. The predicted molar refractivity (Wildman–Crippen MR) is 103 cm³/mol. The molecule has 26 heavy (non-hydrogen) atoms. The van der Waals surface area contributed by atoms with E-state index < -0.39 is 11.1 Å². The van der Waals surface area contributed by atoms with E-state index in [1.807, 2.05) is 32.0 Å². The Kier molecular flexibility index (Phi) is 5.02. The molecule has 1 aromatic heterocycles. The molecule has 1 heterocycles. The monoisotopic (exact) mass is 351 g/mol. The molecule has 2 aromatic carbocycles. The van der Waals surface area contributed by atoms with Crippen LogP contribution in [0.3, 0.4) is 0 Å². The number of benzene rings is 2. The Balaban J connectivity index is 1.98. The van der Waals surface area contributed by atoms with Crippen LogP contribution in [0.2, 0.25) is 0 Å². The number of nitrogens with one attached hydrogen (secondary N) is 2. The zero-order valence-electron chi connectivity index (χ0n) is 14.8. The van der Waals surface area contributed by atoms with Crippen LogP contribution in [0.1, 0.15) is 25.0 Å². The van der Waals surface area contributed by atoms with Gasteiger partial charge in [0.05, 0.1) is 11.0 Å². The quantitative estimate of drug-likeness (QED) is 0.693. The summed E-state index contributed by atoms with van der Waals surface area (Å²) in [4.78, 5) is 39.3. The van der Waals surface area contributed by atoms with Crippen molar-refractivity contribution in [3.05, 3.63) is 74.3 Å². The summed E-state index contributed by atoms with van der Waals surface area (Å²) in [5.74, 6) is -0.335. The average Bonchev–Trinajstić information content (AvgIpc) is 2.65. The van der Waals surface area contributed by atoms with Gasteiger partial charge < -0.3 is 10.3 Å². The fourth-order valence-corrected chi connectivity index (χ4v) is 3.11. The summed E-state index contributed by atoms with van der Waals surface area (Å²) in [5.41, 5.74) is 2.45. The molecular formula is C20H21N3O3. The molecule has 0 unspecified atom stereocenters. The van der Waals surface area contributed by atoms with Gasteiger partial charge in [-0.05, 0) is 36.1 Å². The second-order valence-corrected chi connectivity index (χ2v) is 6.07. The van der Waals surface area contributed by atoms with Crippen molar-refractivity contribution in [2.75, 3.05) is 5.32 Å². The number of H-pyrrole nitrogens is 1. The number of aromatic amines is 1. The van der Waals surface area contributed by atoms with Gasteiger partial charge in [-0.3, -0.25) is 19.0 Å². The van der Waals surface area contributed by atoms with Crippen LogP contribution >= 0.6 is 0 Å². The van der Waals surface area contributed by atoms with E-state index in [0.29, 0.717) is 11.0 Å². The lowest BCUT2D eigenvalue weighted by Crippen LogP contribution is -2.38. The highest BCUT2D eigenvalue weighted by Gasteiger charge is 2.14. The van der Waals surface area contributed by atoms with Gasteiger partial charge in [0, 0.05) is 5.69 Å². The minimum absolute atomic E-state index is 0.218. The van der Waals surface area contributed by atoms with E-state index in [0.717, 1.165) is 29.7 Å². The Bertz CT molecular complexity index is 1060. The summed E-state index contributed by atoms with van der Waals surface area (Å²) < 4.78 is 1.21. The van der Waals surface area contributed by atoms with Crippen molar-refractivity contribution in [2.45, 2.75) is 33.2 Å². The highest BCUT2D eigenvalue weighted by molar-refractivity contribution is 5.93. The molecule has 0 spiro atoms. The van der Waals surface area contributed by atoms with Crippen molar-refractivity contribution in [1.29, 1.82) is 0 Å². The van der Waals surface area contributed by atoms with Crippen molar-refractivity contribution < 1.29 is 4.79 Å². The molecule has 0 fully saturated rings. The predicted octanol–water partition coefficient (Wildman–Crippen LogP) is 2.45. The molecule has 0 aliphatic heterocycles. The van der Waals surface area contributed by atoms with Crippen molar-refractivity contribution in [1.82, 2.24) is 9.55 Å². The van der Waals surface area contributed by atoms with E-state index in [-0.39, 0.29) is 12.5 Å². The van der Waals surface area contributed by atoms with Crippen molar-refractivity contribution in [2.24, 2.45) is 0 Å². The number of carbonyl (C=O) groups excluding carboxylic acids is 1. The molecule has 2 N–H and O–H groups in total. The molecular weight excluding hydrogens is 330 g/mol. The number of aryl methyl sites for hydroxylation is 2. The van der Waals surface area contributed by atoms with E-state index >= 15 is 0 Å². The number of para-hydroxylation sites is 3. The summed E-state index contributed by atoms with van der Waals surface area (Å²) in [5, 5.41) is 2.93. The molecule has 0 aliphatic rings. The van der Waals surface area contributed by atoms with Crippen LogP contribution in [0.4, 0.5) is 5.69 Å². The maximum atomic E-state index is 12.6. The number of rotatable bonds is 5. The topological polar surface area (TPSA) is 84.0 Å². The molecule has 0 aliphatic carbocycles. The largest absolute Gasteiger partial charge is 0.324 e. The first-order valence-corrected chi connectivity index (χ1v) is 8.67. The Hall–Kier alpha value is -3.15. The number of hydrogen-bond acceptors (Lipinski definition) is 3. The first-order valence-electron chi connectivity index (χ1n) is 8.67. The van der Waals surface area contributed by atoms with E-state index in [1.54, 1.807) is 24.3 Å². The summed E-state index contributed by atoms with van der Waals surface area (Å²) in [6.45, 7) is 3.84. The minimum atomic E-state index is -0.738. The standard InChI is InChI=1S/C20H21N3O3/c1-3-13-8-7-9-14(4-2)18(13)22-17(24)12-23-16-11-6-5-10-15(16)21-19(25)20(23)26/h5-11H,3-4,12H2,1-2H3,(H,21,25)(H,22,24). The molecule has 1 amide bonds. The van der Waals surface area contributed by atoms with Gasteiger partial charge in [0.1, 0.15) is 6.54 Å². The van der Waals surface area contributed by atoms with Gasteiger partial charge in [0.25, 0.3) is 0 Å². The third-order valence-corrected chi connectivity index (χ3v) is 4.45. The van der Waals surface area contributed by atoms with Crippen molar-refractivity contribution >= 4 is 22.6 Å². The van der Waals surface area contributed by atoms with Crippen LogP contribution in [-0.2, 0) is 24.2 Å². The lowest BCUT2D eigenvalue weighted by molar-refractivity contribution is -0.116. The van der Waals surface area contributed by atoms with Gasteiger partial charge in [-0.1, -0.05) is 44.2 Å². The number of aromatic nitrogens is 2. The fourth-order valence-electron chi connectivity index (χ4n) is 3.11. The lowest BCUT2D eigenvalue weighted by Gasteiger charge is -2.15. The number of hydrogen-bond donors (Lipinski definition) is 2. The summed E-state index contributed by atoms with van der Waals surface area (Å²) in [7, 11) is 0. The molecule has 3 rings (SSSR count). The van der Waals surface area contributed by atoms with Crippen LogP contribution < -0.4 is 16.4 Å². The van der Waals surface area contributed by atoms with Crippen LogP contribution in [-0.4, -0.2) is 15.5 Å². The highest BCUT2D eigenvalue weighted by atomic mass is 16.2. The van der Waals surface area contributed by atoms with Gasteiger partial charge in [0.15, 0.2) is 0 Å². The molecule has 0 radical (unpaired) electrons. The molecule has 3 aromatic rings. The normalized spacial score (nSPS) is 10.8. The third-order valence-electron chi connectivity index (χ3n) is 4.45. The third kappa shape index (κ3) is 3.31. The van der Waals surface area contributed by atoms with Crippen LogP contribution in [0.25, 0.3) is 11.0 Å². The molecule has 0 saturated carbocycles. The van der Waals surface area contributed by atoms with Crippen molar-refractivity contribution in [3.8, 4) is 0 Å². The molecule has 0 atom stereocenters. The summed E-state index contributed by atoms with van der Waals surface area (Å²) in [6, 6.07) is 12.9. The molecule has 0 saturated heterocycles. The number of amides is 1. The van der Waals surface area contributed by atoms with Crippen molar-refractivity contribution in [3.63, 3.8) is 0 Å². The van der Waals surface area contributed by atoms with E-state index in [2.05, 4.69) is 10.3 Å². The summed E-state index contributed by atoms with van der Waals surface area (Å²) >= 11 is 0. The van der Waals surface area contributed by atoms with Crippen LogP contribution in [0, 0.1) is 0 Å². The number of anilines is 1. The maximum Gasteiger partial charge on any atom is 0.317 e.